The molecule has 0 spiro atoms. The Hall–Kier alpha value is -1.39. The first-order valence-electron chi connectivity index (χ1n) is 7.09. The van der Waals surface area contributed by atoms with Gasteiger partial charge in [0.1, 0.15) is 0 Å². The third-order valence-electron chi connectivity index (χ3n) is 3.36. The molecule has 0 aliphatic carbocycles. The first kappa shape index (κ1) is 17.4. The smallest absolute Gasteiger partial charge is 0.234 e. The summed E-state index contributed by atoms with van der Waals surface area (Å²) < 4.78 is 0. The van der Waals surface area contributed by atoms with Crippen LogP contribution in [0.5, 0.6) is 0 Å². The lowest BCUT2D eigenvalue weighted by molar-refractivity contribution is -0.113. The topological polar surface area (TPSA) is 29.1 Å². The third kappa shape index (κ3) is 4.17. The summed E-state index contributed by atoms with van der Waals surface area (Å²) in [6, 6.07) is 17.3. The van der Waals surface area contributed by atoms with Gasteiger partial charge in [-0.25, -0.2) is 0 Å². The van der Waals surface area contributed by atoms with Gasteiger partial charge in [0.2, 0.25) is 5.91 Å². The van der Waals surface area contributed by atoms with E-state index in [2.05, 4.69) is 17.4 Å². The maximum absolute atomic E-state index is 12.2. The Morgan fingerprint density at radius 3 is 2.29 bits per heavy atom. The molecule has 0 saturated carbocycles. The molecule has 3 aromatic carbocycles. The highest BCUT2D eigenvalue weighted by Gasteiger charge is 2.11. The zero-order valence-electron chi connectivity index (χ0n) is 12.4. The van der Waals surface area contributed by atoms with Crippen molar-refractivity contribution < 1.29 is 4.79 Å². The maximum atomic E-state index is 12.2. The number of carbonyl (C=O) groups excluding carboxylic acids is 1. The van der Waals surface area contributed by atoms with Crippen LogP contribution in [0.25, 0.3) is 10.8 Å². The molecule has 24 heavy (non-hydrogen) atoms. The summed E-state index contributed by atoms with van der Waals surface area (Å²) in [5, 5.41) is 6.11. The van der Waals surface area contributed by atoms with Gasteiger partial charge in [0.05, 0.1) is 21.5 Å². The molecule has 3 aromatic rings. The molecule has 0 heterocycles. The van der Waals surface area contributed by atoms with Gasteiger partial charge in [-0.1, -0.05) is 65.1 Å². The Morgan fingerprint density at radius 2 is 1.58 bits per heavy atom. The van der Waals surface area contributed by atoms with E-state index < -0.39 is 0 Å². The van der Waals surface area contributed by atoms with E-state index >= 15 is 0 Å². The van der Waals surface area contributed by atoms with Gasteiger partial charge in [0.15, 0.2) is 0 Å². The second-order valence-electron chi connectivity index (χ2n) is 5.09. The second kappa shape index (κ2) is 7.66. The molecule has 0 saturated heterocycles. The molecule has 6 heteroatoms. The number of thioether (sulfide) groups is 1. The van der Waals surface area contributed by atoms with E-state index in [1.54, 1.807) is 12.1 Å². The fraction of sp³-hybridized carbons (Fsp3) is 0.0556. The molecule has 0 bridgehead atoms. The molecule has 0 fully saturated rings. The van der Waals surface area contributed by atoms with E-state index in [1.807, 2.05) is 30.3 Å². The van der Waals surface area contributed by atoms with Gasteiger partial charge in [-0.05, 0) is 35.0 Å². The number of amides is 1. The SMILES string of the molecule is O=C(CSc1ccc2ccccc2c1)Nc1c(Cl)cc(Cl)cc1Cl. The van der Waals surface area contributed by atoms with Crippen molar-refractivity contribution in [2.75, 3.05) is 11.1 Å². The fourth-order valence-corrected chi connectivity index (χ4v) is 3.90. The highest BCUT2D eigenvalue weighted by molar-refractivity contribution is 8.00. The van der Waals surface area contributed by atoms with Crippen molar-refractivity contribution in [2.45, 2.75) is 4.90 Å². The molecular weight excluding hydrogens is 385 g/mol. The normalized spacial score (nSPS) is 10.8. The van der Waals surface area contributed by atoms with Crippen molar-refractivity contribution in [1.82, 2.24) is 0 Å². The molecule has 0 aromatic heterocycles. The Bertz CT molecular complexity index is 891. The molecule has 0 unspecified atom stereocenters. The van der Waals surface area contributed by atoms with Crippen molar-refractivity contribution in [3.63, 3.8) is 0 Å². The second-order valence-corrected chi connectivity index (χ2v) is 7.39. The molecule has 1 N–H and O–H groups in total. The van der Waals surface area contributed by atoms with Gasteiger partial charge in [-0.3, -0.25) is 4.79 Å². The van der Waals surface area contributed by atoms with Crippen LogP contribution in [0.15, 0.2) is 59.5 Å². The Labute approximate surface area is 159 Å². The van der Waals surface area contributed by atoms with Crippen LogP contribution in [0.4, 0.5) is 5.69 Å². The van der Waals surface area contributed by atoms with Gasteiger partial charge < -0.3 is 5.32 Å². The van der Waals surface area contributed by atoms with Crippen molar-refractivity contribution in [3.05, 3.63) is 69.7 Å². The van der Waals surface area contributed by atoms with Crippen molar-refractivity contribution in [3.8, 4) is 0 Å². The summed E-state index contributed by atoms with van der Waals surface area (Å²) >= 11 is 19.5. The highest BCUT2D eigenvalue weighted by Crippen LogP contribution is 2.34. The summed E-state index contributed by atoms with van der Waals surface area (Å²) in [5.74, 6) is 0.0763. The largest absolute Gasteiger partial charge is 0.323 e. The lowest BCUT2D eigenvalue weighted by atomic mass is 10.1. The van der Waals surface area contributed by atoms with Gasteiger partial charge in [-0.2, -0.15) is 0 Å². The van der Waals surface area contributed by atoms with Gasteiger partial charge >= 0.3 is 0 Å². The Morgan fingerprint density at radius 1 is 0.917 bits per heavy atom. The molecule has 1 amide bonds. The van der Waals surface area contributed by atoms with E-state index in [4.69, 9.17) is 34.8 Å². The lowest BCUT2D eigenvalue weighted by Gasteiger charge is -2.10. The minimum absolute atomic E-state index is 0.181. The number of anilines is 1. The average Bonchev–Trinajstić information content (AvgIpc) is 2.56. The van der Waals surface area contributed by atoms with Crippen LogP contribution < -0.4 is 5.32 Å². The predicted octanol–water partition coefficient (Wildman–Crippen LogP) is 6.53. The van der Waals surface area contributed by atoms with Gasteiger partial charge in [0.25, 0.3) is 0 Å². The van der Waals surface area contributed by atoms with Gasteiger partial charge in [-0.15, -0.1) is 11.8 Å². The van der Waals surface area contributed by atoms with E-state index in [0.717, 1.165) is 10.3 Å². The lowest BCUT2D eigenvalue weighted by Crippen LogP contribution is -2.14. The summed E-state index contributed by atoms with van der Waals surface area (Å²) in [7, 11) is 0. The maximum Gasteiger partial charge on any atom is 0.234 e. The minimum atomic E-state index is -0.181. The monoisotopic (exact) mass is 395 g/mol. The molecule has 3 rings (SSSR count). The van der Waals surface area contributed by atoms with Gasteiger partial charge in [0, 0.05) is 9.92 Å². The number of rotatable bonds is 4. The van der Waals surface area contributed by atoms with E-state index in [1.165, 1.54) is 17.1 Å². The summed E-state index contributed by atoms with van der Waals surface area (Å²) in [5.41, 5.74) is 0.381. The number of nitrogens with one attached hydrogen (secondary N) is 1. The number of hydrogen-bond donors (Lipinski definition) is 1. The van der Waals surface area contributed by atoms with Crippen LogP contribution in [0, 0.1) is 0 Å². The van der Waals surface area contributed by atoms with E-state index in [0.29, 0.717) is 20.8 Å². The molecule has 0 atom stereocenters. The summed E-state index contributed by atoms with van der Waals surface area (Å²) in [4.78, 5) is 13.2. The number of benzene rings is 3. The van der Waals surface area contributed by atoms with E-state index in [9.17, 15) is 4.79 Å². The number of fused-ring (bicyclic) bond motifs is 1. The van der Waals surface area contributed by atoms with Crippen molar-refractivity contribution in [1.29, 1.82) is 0 Å². The minimum Gasteiger partial charge on any atom is -0.323 e. The van der Waals surface area contributed by atoms with Crippen molar-refractivity contribution >= 4 is 68.9 Å². The Balaban J connectivity index is 1.67. The fourth-order valence-electron chi connectivity index (χ4n) is 2.24. The first-order valence-corrected chi connectivity index (χ1v) is 9.21. The number of carbonyl (C=O) groups is 1. The highest BCUT2D eigenvalue weighted by atomic mass is 35.5. The zero-order chi connectivity index (χ0) is 17.1. The number of halogens is 3. The molecule has 2 nitrogen and oxygen atoms in total. The molecule has 122 valence electrons. The summed E-state index contributed by atoms with van der Waals surface area (Å²) in [6.45, 7) is 0. The molecular formula is C18H12Cl3NOS. The van der Waals surface area contributed by atoms with Crippen LogP contribution >= 0.6 is 46.6 Å². The molecule has 0 radical (unpaired) electrons. The van der Waals surface area contributed by atoms with E-state index in [-0.39, 0.29) is 11.7 Å². The van der Waals surface area contributed by atoms with Crippen LogP contribution in [0.1, 0.15) is 0 Å². The summed E-state index contributed by atoms with van der Waals surface area (Å²) in [6.07, 6.45) is 0. The average molecular weight is 397 g/mol. The molecule has 0 aliphatic heterocycles. The number of hydrogen-bond acceptors (Lipinski definition) is 2. The molecule has 0 aliphatic rings. The van der Waals surface area contributed by atoms with Crippen LogP contribution in [-0.4, -0.2) is 11.7 Å². The first-order chi connectivity index (χ1) is 11.5. The van der Waals surface area contributed by atoms with Crippen LogP contribution in [-0.2, 0) is 4.79 Å². The predicted molar refractivity (Wildman–Crippen MR) is 105 cm³/mol. The Kier molecular flexibility index (Phi) is 5.57. The van der Waals surface area contributed by atoms with Crippen molar-refractivity contribution in [2.24, 2.45) is 0 Å². The third-order valence-corrected chi connectivity index (χ3v) is 5.17. The zero-order valence-corrected chi connectivity index (χ0v) is 15.4. The standard InChI is InChI=1S/C18H12Cl3NOS/c19-13-8-15(20)18(16(21)9-13)22-17(23)10-24-14-6-5-11-3-1-2-4-12(11)7-14/h1-9H,10H2,(H,22,23). The van der Waals surface area contributed by atoms with Crippen LogP contribution in [0.3, 0.4) is 0 Å². The van der Waals surface area contributed by atoms with Crippen LogP contribution in [0.2, 0.25) is 15.1 Å². The quantitative estimate of drug-likeness (QED) is 0.508.